The number of amides is 1. The summed E-state index contributed by atoms with van der Waals surface area (Å²) < 4.78 is 50.2. The maximum Gasteiger partial charge on any atom is 0.255 e. The van der Waals surface area contributed by atoms with Crippen molar-refractivity contribution in [2.45, 2.75) is 11.8 Å². The fraction of sp³-hybridized carbons (Fsp3) is 0.278. The van der Waals surface area contributed by atoms with Crippen molar-refractivity contribution in [3.8, 4) is 0 Å². The van der Waals surface area contributed by atoms with Gasteiger partial charge in [0.1, 0.15) is 4.90 Å². The third-order valence-corrected chi connectivity index (χ3v) is 7.94. The zero-order chi connectivity index (χ0) is 19.7. The minimum atomic E-state index is -3.92. The average molecular weight is 409 g/mol. The second-order valence-electron chi connectivity index (χ2n) is 6.37. The van der Waals surface area contributed by atoms with Crippen molar-refractivity contribution in [1.29, 1.82) is 0 Å². The maximum absolute atomic E-state index is 13.0. The van der Waals surface area contributed by atoms with E-state index in [1.807, 2.05) is 6.92 Å². The van der Waals surface area contributed by atoms with Gasteiger partial charge in [-0.1, -0.05) is 29.8 Å². The van der Waals surface area contributed by atoms with Crippen LogP contribution in [0.2, 0.25) is 0 Å². The molecule has 0 radical (unpaired) electrons. The van der Waals surface area contributed by atoms with E-state index in [1.165, 1.54) is 12.1 Å². The first-order valence-electron chi connectivity index (χ1n) is 8.37. The van der Waals surface area contributed by atoms with Crippen LogP contribution in [-0.4, -0.2) is 51.6 Å². The molecule has 1 aliphatic heterocycles. The Balaban J connectivity index is 1.87. The lowest BCUT2D eigenvalue weighted by Gasteiger charge is -2.26. The second kappa shape index (κ2) is 7.41. The van der Waals surface area contributed by atoms with Crippen molar-refractivity contribution >= 4 is 31.5 Å². The molecule has 7 nitrogen and oxygen atoms in total. The summed E-state index contributed by atoms with van der Waals surface area (Å²) in [4.78, 5) is 12.4. The third kappa shape index (κ3) is 4.37. The lowest BCUT2D eigenvalue weighted by molar-refractivity contribution is 0.102. The highest BCUT2D eigenvalue weighted by Gasteiger charge is 2.32. The number of rotatable bonds is 4. The summed E-state index contributed by atoms with van der Waals surface area (Å²) in [5.41, 5.74) is 1.59. The molecule has 2 aromatic rings. The second-order valence-corrected chi connectivity index (χ2v) is 10.6. The highest BCUT2D eigenvalue weighted by molar-refractivity contribution is 7.92. The largest absolute Gasteiger partial charge is 0.321 e. The summed E-state index contributed by atoms with van der Waals surface area (Å²) >= 11 is 0. The number of hydrogen-bond acceptors (Lipinski definition) is 5. The molecule has 1 amide bonds. The first-order valence-corrected chi connectivity index (χ1v) is 11.6. The number of aryl methyl sites for hydroxylation is 1. The molecule has 0 atom stereocenters. The van der Waals surface area contributed by atoms with E-state index in [-0.39, 0.29) is 35.2 Å². The molecule has 0 saturated carbocycles. The van der Waals surface area contributed by atoms with Crippen LogP contribution in [0.15, 0.2) is 53.4 Å². The van der Waals surface area contributed by atoms with Crippen LogP contribution >= 0.6 is 0 Å². The molecule has 0 aliphatic carbocycles. The number of carbonyl (C=O) groups is 1. The van der Waals surface area contributed by atoms with Gasteiger partial charge in [-0.05, 0) is 31.2 Å². The van der Waals surface area contributed by atoms with E-state index < -0.39 is 25.8 Å². The summed E-state index contributed by atoms with van der Waals surface area (Å²) in [6, 6.07) is 13.0. The first-order chi connectivity index (χ1) is 12.7. The van der Waals surface area contributed by atoms with Crippen molar-refractivity contribution in [2.75, 3.05) is 29.9 Å². The van der Waals surface area contributed by atoms with Crippen molar-refractivity contribution < 1.29 is 21.6 Å². The number of anilines is 1. The Morgan fingerprint density at radius 2 is 1.59 bits per heavy atom. The standard InChI is InChI=1S/C18H20N2O5S2/c1-14-6-8-15(9-7-14)18(21)19-16-4-2-3-5-17(16)27(24,25)20-10-12-26(22,23)13-11-20/h2-9H,10-13H2,1H3,(H,19,21). The van der Waals surface area contributed by atoms with Gasteiger partial charge in [-0.2, -0.15) is 4.31 Å². The number of sulfone groups is 1. The molecule has 1 N–H and O–H groups in total. The molecule has 3 rings (SSSR count). The van der Waals surface area contributed by atoms with Crippen LogP contribution in [0.1, 0.15) is 15.9 Å². The highest BCUT2D eigenvalue weighted by atomic mass is 32.2. The summed E-state index contributed by atoms with van der Waals surface area (Å²) in [6.07, 6.45) is 0. The quantitative estimate of drug-likeness (QED) is 0.829. The van der Waals surface area contributed by atoms with Gasteiger partial charge in [0.05, 0.1) is 17.2 Å². The third-order valence-electron chi connectivity index (χ3n) is 4.37. The van der Waals surface area contributed by atoms with Crippen LogP contribution in [0, 0.1) is 6.92 Å². The average Bonchev–Trinajstić information content (AvgIpc) is 2.62. The summed E-state index contributed by atoms with van der Waals surface area (Å²) in [7, 11) is -7.13. The fourth-order valence-electron chi connectivity index (χ4n) is 2.77. The van der Waals surface area contributed by atoms with E-state index in [9.17, 15) is 21.6 Å². The summed E-state index contributed by atoms with van der Waals surface area (Å²) in [5, 5.41) is 2.64. The van der Waals surface area contributed by atoms with Crippen LogP contribution in [0.5, 0.6) is 0 Å². The predicted molar refractivity (Wildman–Crippen MR) is 103 cm³/mol. The van der Waals surface area contributed by atoms with Gasteiger partial charge >= 0.3 is 0 Å². The first kappa shape index (κ1) is 19.5. The van der Waals surface area contributed by atoms with Gasteiger partial charge in [0.25, 0.3) is 5.91 Å². The van der Waals surface area contributed by atoms with Gasteiger partial charge in [0, 0.05) is 18.7 Å². The Morgan fingerprint density at radius 1 is 1.00 bits per heavy atom. The minimum Gasteiger partial charge on any atom is -0.321 e. The van der Waals surface area contributed by atoms with Crippen LogP contribution in [0.25, 0.3) is 0 Å². The predicted octanol–water partition coefficient (Wildman–Crippen LogP) is 1.67. The fourth-order valence-corrected chi connectivity index (χ4v) is 5.79. The number of nitrogens with zero attached hydrogens (tertiary/aromatic N) is 1. The molecule has 144 valence electrons. The number of hydrogen-bond donors (Lipinski definition) is 1. The van der Waals surface area contributed by atoms with E-state index in [0.29, 0.717) is 5.56 Å². The van der Waals surface area contributed by atoms with Crippen molar-refractivity contribution in [3.05, 3.63) is 59.7 Å². The molecule has 0 spiro atoms. The van der Waals surface area contributed by atoms with Gasteiger partial charge in [-0.3, -0.25) is 4.79 Å². The molecular formula is C18H20N2O5S2. The molecule has 0 bridgehead atoms. The summed E-state index contributed by atoms with van der Waals surface area (Å²) in [5.74, 6) is -0.826. The SMILES string of the molecule is Cc1ccc(C(=O)Nc2ccccc2S(=O)(=O)N2CCS(=O)(=O)CC2)cc1. The monoisotopic (exact) mass is 408 g/mol. The zero-order valence-electron chi connectivity index (χ0n) is 14.8. The van der Waals surface area contributed by atoms with Gasteiger partial charge < -0.3 is 5.32 Å². The summed E-state index contributed by atoms with van der Waals surface area (Å²) in [6.45, 7) is 1.72. The minimum absolute atomic E-state index is 0.0511. The number of nitrogens with one attached hydrogen (secondary N) is 1. The molecule has 1 aliphatic rings. The Kier molecular flexibility index (Phi) is 5.36. The van der Waals surface area contributed by atoms with E-state index in [1.54, 1.807) is 36.4 Å². The molecule has 1 heterocycles. The zero-order valence-corrected chi connectivity index (χ0v) is 16.4. The van der Waals surface area contributed by atoms with E-state index >= 15 is 0 Å². The molecule has 1 saturated heterocycles. The molecule has 0 unspecified atom stereocenters. The van der Waals surface area contributed by atoms with Crippen LogP contribution in [0.3, 0.4) is 0 Å². The van der Waals surface area contributed by atoms with Gasteiger partial charge in [-0.25, -0.2) is 16.8 Å². The molecule has 27 heavy (non-hydrogen) atoms. The highest BCUT2D eigenvalue weighted by Crippen LogP contribution is 2.26. The number of para-hydroxylation sites is 1. The van der Waals surface area contributed by atoms with Crippen LogP contribution in [-0.2, 0) is 19.9 Å². The van der Waals surface area contributed by atoms with Gasteiger partial charge in [0.15, 0.2) is 9.84 Å². The Labute approximate surface area is 159 Å². The molecular weight excluding hydrogens is 388 g/mol. The van der Waals surface area contributed by atoms with Crippen molar-refractivity contribution in [2.24, 2.45) is 0 Å². The molecule has 0 aromatic heterocycles. The Hall–Kier alpha value is -2.23. The van der Waals surface area contributed by atoms with E-state index in [0.717, 1.165) is 9.87 Å². The van der Waals surface area contributed by atoms with Crippen LogP contribution in [0.4, 0.5) is 5.69 Å². The molecule has 2 aromatic carbocycles. The van der Waals surface area contributed by atoms with Crippen LogP contribution < -0.4 is 5.32 Å². The smallest absolute Gasteiger partial charge is 0.255 e. The van der Waals surface area contributed by atoms with E-state index in [2.05, 4.69) is 5.32 Å². The topological polar surface area (TPSA) is 101 Å². The van der Waals surface area contributed by atoms with Crippen molar-refractivity contribution in [3.63, 3.8) is 0 Å². The van der Waals surface area contributed by atoms with E-state index in [4.69, 9.17) is 0 Å². The number of sulfonamides is 1. The number of carbonyl (C=O) groups excluding carboxylic acids is 1. The van der Waals surface area contributed by atoms with Crippen molar-refractivity contribution in [1.82, 2.24) is 4.31 Å². The molecule has 9 heteroatoms. The lowest BCUT2D eigenvalue weighted by atomic mass is 10.1. The Morgan fingerprint density at radius 3 is 2.22 bits per heavy atom. The van der Waals surface area contributed by atoms with Gasteiger partial charge in [-0.15, -0.1) is 0 Å². The maximum atomic E-state index is 13.0. The normalized spacial score (nSPS) is 17.4. The lowest BCUT2D eigenvalue weighted by Crippen LogP contribution is -2.43. The number of benzene rings is 2. The molecule has 1 fully saturated rings. The van der Waals surface area contributed by atoms with Gasteiger partial charge in [0.2, 0.25) is 10.0 Å². The Bertz CT molecular complexity index is 1050.